The molecule has 0 aromatic heterocycles. The molecule has 1 aliphatic rings. The molecule has 3 heteroatoms. The van der Waals surface area contributed by atoms with Crippen molar-refractivity contribution in [3.8, 4) is 5.75 Å². The number of hydrogen-bond donors (Lipinski definition) is 1. The number of ether oxygens (including phenoxy) is 1. The summed E-state index contributed by atoms with van der Waals surface area (Å²) in [4.78, 5) is 2.54. The second-order valence-electron chi connectivity index (χ2n) is 6.97. The first-order chi connectivity index (χ1) is 10.0. The van der Waals surface area contributed by atoms with E-state index < -0.39 is 0 Å². The van der Waals surface area contributed by atoms with Gasteiger partial charge >= 0.3 is 0 Å². The van der Waals surface area contributed by atoms with Gasteiger partial charge in [-0.3, -0.25) is 4.90 Å². The van der Waals surface area contributed by atoms with Crippen LogP contribution in [0.15, 0.2) is 24.3 Å². The van der Waals surface area contributed by atoms with Crippen LogP contribution in [0, 0.1) is 0 Å². The van der Waals surface area contributed by atoms with Gasteiger partial charge in [-0.15, -0.1) is 0 Å². The summed E-state index contributed by atoms with van der Waals surface area (Å²) in [6.45, 7) is 14.1. The molecule has 3 nitrogen and oxygen atoms in total. The highest BCUT2D eigenvalue weighted by atomic mass is 16.5. The van der Waals surface area contributed by atoms with Crippen molar-refractivity contribution >= 4 is 0 Å². The monoisotopic (exact) mass is 290 g/mol. The molecule has 0 saturated carbocycles. The van der Waals surface area contributed by atoms with E-state index >= 15 is 0 Å². The summed E-state index contributed by atoms with van der Waals surface area (Å²) < 4.78 is 5.91. The number of hydrogen-bond acceptors (Lipinski definition) is 3. The molecule has 0 atom stereocenters. The van der Waals surface area contributed by atoms with Crippen molar-refractivity contribution in [3.05, 3.63) is 29.8 Å². The Bertz CT molecular complexity index is 418. The van der Waals surface area contributed by atoms with Crippen molar-refractivity contribution in [2.75, 3.05) is 32.8 Å². The Kier molecular flexibility index (Phi) is 5.65. The average Bonchev–Trinajstić information content (AvgIpc) is 2.36. The molecule has 1 saturated heterocycles. The zero-order chi connectivity index (χ0) is 15.3. The lowest BCUT2D eigenvalue weighted by molar-refractivity contribution is 0.122. The van der Waals surface area contributed by atoms with E-state index in [2.05, 4.69) is 62.2 Å². The van der Waals surface area contributed by atoms with Crippen LogP contribution < -0.4 is 10.1 Å². The Hall–Kier alpha value is -1.06. The van der Waals surface area contributed by atoms with Crippen LogP contribution in [0.4, 0.5) is 0 Å². The maximum absolute atomic E-state index is 5.91. The molecular weight excluding hydrogens is 260 g/mol. The second kappa shape index (κ2) is 7.28. The van der Waals surface area contributed by atoms with Crippen molar-refractivity contribution in [1.82, 2.24) is 10.2 Å². The number of rotatable bonds is 7. The van der Waals surface area contributed by atoms with Gasteiger partial charge in [0.05, 0.1) is 0 Å². The summed E-state index contributed by atoms with van der Waals surface area (Å²) in [5.74, 6) is 0.978. The van der Waals surface area contributed by atoms with Crippen LogP contribution >= 0.6 is 0 Å². The molecule has 0 spiro atoms. The van der Waals surface area contributed by atoms with Crippen molar-refractivity contribution < 1.29 is 4.74 Å². The molecule has 1 N–H and O–H groups in total. The molecule has 21 heavy (non-hydrogen) atoms. The largest absolute Gasteiger partial charge is 0.492 e. The Morgan fingerprint density at radius 2 is 1.81 bits per heavy atom. The van der Waals surface area contributed by atoms with Crippen LogP contribution in [0.1, 0.15) is 39.7 Å². The zero-order valence-corrected chi connectivity index (χ0v) is 14.0. The molecule has 0 amide bonds. The lowest BCUT2D eigenvalue weighted by Gasteiger charge is -2.38. The lowest BCUT2D eigenvalue weighted by atomic mass is 9.87. The van der Waals surface area contributed by atoms with Gasteiger partial charge in [-0.1, -0.05) is 39.8 Å². The van der Waals surface area contributed by atoms with Crippen molar-refractivity contribution in [2.45, 2.75) is 45.6 Å². The summed E-state index contributed by atoms with van der Waals surface area (Å²) >= 11 is 0. The summed E-state index contributed by atoms with van der Waals surface area (Å²) in [7, 11) is 0. The predicted octanol–water partition coefficient (Wildman–Crippen LogP) is 3.05. The van der Waals surface area contributed by atoms with Gasteiger partial charge in [-0.2, -0.15) is 0 Å². The minimum Gasteiger partial charge on any atom is -0.492 e. The number of nitrogens with zero attached hydrogens (tertiary/aromatic N) is 1. The highest BCUT2D eigenvalue weighted by molar-refractivity contribution is 5.31. The third-order valence-corrected chi connectivity index (χ3v) is 4.15. The molecular formula is C18H30N2O. The summed E-state index contributed by atoms with van der Waals surface area (Å²) in [5.41, 5.74) is 1.55. The van der Waals surface area contributed by atoms with Crippen LogP contribution in [0.2, 0.25) is 0 Å². The molecule has 2 rings (SSSR count). The number of nitrogens with one attached hydrogen (secondary N) is 1. The van der Waals surface area contributed by atoms with Gasteiger partial charge < -0.3 is 10.1 Å². The van der Waals surface area contributed by atoms with Gasteiger partial charge in [0.2, 0.25) is 0 Å². The first-order valence-electron chi connectivity index (χ1n) is 8.19. The van der Waals surface area contributed by atoms with Crippen LogP contribution in [0.5, 0.6) is 5.75 Å². The first kappa shape index (κ1) is 16.3. The molecule has 0 aliphatic carbocycles. The van der Waals surface area contributed by atoms with Gasteiger partial charge in [0.1, 0.15) is 12.4 Å². The van der Waals surface area contributed by atoms with Crippen molar-refractivity contribution in [1.29, 1.82) is 0 Å². The predicted molar refractivity (Wildman–Crippen MR) is 89.2 cm³/mol. The molecule has 0 radical (unpaired) electrons. The smallest absolute Gasteiger partial charge is 0.119 e. The minimum absolute atomic E-state index is 0.202. The molecule has 1 fully saturated rings. The fourth-order valence-electron chi connectivity index (χ4n) is 2.63. The zero-order valence-electron chi connectivity index (χ0n) is 14.0. The van der Waals surface area contributed by atoms with Gasteiger partial charge in [-0.25, -0.2) is 0 Å². The van der Waals surface area contributed by atoms with Crippen molar-refractivity contribution in [3.63, 3.8) is 0 Å². The Morgan fingerprint density at radius 1 is 1.14 bits per heavy atom. The van der Waals surface area contributed by atoms with E-state index in [1.807, 2.05) is 0 Å². The Labute approximate surface area is 129 Å². The Morgan fingerprint density at radius 3 is 2.29 bits per heavy atom. The normalized spacial score (nSPS) is 16.0. The molecule has 1 aliphatic heterocycles. The first-order valence-corrected chi connectivity index (χ1v) is 8.19. The van der Waals surface area contributed by atoms with E-state index in [1.54, 1.807) is 0 Å². The SMILES string of the molecule is CCCN(CCOc1ccc(C(C)(C)C)cc1)C1CNC1. The standard InChI is InChI=1S/C18H30N2O/c1-5-10-20(16-13-19-14-16)11-12-21-17-8-6-15(7-9-17)18(2,3)4/h6-9,16,19H,5,10-14H2,1-4H3. The average molecular weight is 290 g/mol. The highest BCUT2D eigenvalue weighted by Gasteiger charge is 2.23. The molecule has 0 unspecified atom stereocenters. The minimum atomic E-state index is 0.202. The van der Waals surface area contributed by atoms with E-state index in [1.165, 1.54) is 18.5 Å². The summed E-state index contributed by atoms with van der Waals surface area (Å²) in [6, 6.07) is 9.24. The molecule has 1 aromatic rings. The van der Waals surface area contributed by atoms with E-state index in [-0.39, 0.29) is 5.41 Å². The maximum atomic E-state index is 5.91. The van der Waals surface area contributed by atoms with Gasteiger partial charge in [0.25, 0.3) is 0 Å². The van der Waals surface area contributed by atoms with Crippen molar-refractivity contribution in [2.24, 2.45) is 0 Å². The lowest BCUT2D eigenvalue weighted by Crippen LogP contribution is -2.58. The number of benzene rings is 1. The molecule has 1 heterocycles. The highest BCUT2D eigenvalue weighted by Crippen LogP contribution is 2.24. The summed E-state index contributed by atoms with van der Waals surface area (Å²) in [6.07, 6.45) is 1.21. The molecule has 1 aromatic carbocycles. The van der Waals surface area contributed by atoms with Gasteiger partial charge in [0.15, 0.2) is 0 Å². The van der Waals surface area contributed by atoms with Crippen LogP contribution in [-0.4, -0.2) is 43.7 Å². The maximum Gasteiger partial charge on any atom is 0.119 e. The van der Waals surface area contributed by atoms with E-state index in [9.17, 15) is 0 Å². The third-order valence-electron chi connectivity index (χ3n) is 4.15. The van der Waals surface area contributed by atoms with E-state index in [0.29, 0.717) is 6.04 Å². The summed E-state index contributed by atoms with van der Waals surface area (Å²) in [5, 5.41) is 3.35. The fraction of sp³-hybridized carbons (Fsp3) is 0.667. The molecule has 0 bridgehead atoms. The van der Waals surface area contributed by atoms with E-state index in [4.69, 9.17) is 4.74 Å². The van der Waals surface area contributed by atoms with Crippen LogP contribution in [-0.2, 0) is 5.41 Å². The van der Waals surface area contributed by atoms with Crippen LogP contribution in [0.3, 0.4) is 0 Å². The third kappa shape index (κ3) is 4.72. The quantitative estimate of drug-likeness (QED) is 0.835. The second-order valence-corrected chi connectivity index (χ2v) is 6.97. The van der Waals surface area contributed by atoms with Crippen LogP contribution in [0.25, 0.3) is 0 Å². The molecule has 118 valence electrons. The van der Waals surface area contributed by atoms with E-state index in [0.717, 1.165) is 32.0 Å². The fourth-order valence-corrected chi connectivity index (χ4v) is 2.63. The Balaban J connectivity index is 1.79. The van der Waals surface area contributed by atoms with Gasteiger partial charge in [-0.05, 0) is 36.1 Å². The van der Waals surface area contributed by atoms with Gasteiger partial charge in [0, 0.05) is 25.7 Å². The topological polar surface area (TPSA) is 24.5 Å².